The summed E-state index contributed by atoms with van der Waals surface area (Å²) >= 11 is 0. The van der Waals surface area contributed by atoms with Gasteiger partial charge in [-0.1, -0.05) is 19.9 Å². The summed E-state index contributed by atoms with van der Waals surface area (Å²) < 4.78 is 1.89. The molecule has 0 radical (unpaired) electrons. The number of nitrogens with one attached hydrogen (secondary N) is 1. The zero-order chi connectivity index (χ0) is 13.8. The Bertz CT molecular complexity index is 516. The molecule has 0 bridgehead atoms. The van der Waals surface area contributed by atoms with Crippen LogP contribution in [0.15, 0.2) is 30.6 Å². The third kappa shape index (κ3) is 3.41. The Morgan fingerprint density at radius 1 is 1.26 bits per heavy atom. The first-order valence-corrected chi connectivity index (χ1v) is 6.74. The van der Waals surface area contributed by atoms with E-state index in [9.17, 15) is 0 Å². The van der Waals surface area contributed by atoms with Crippen molar-refractivity contribution in [1.82, 2.24) is 20.1 Å². The Morgan fingerprint density at radius 2 is 2.05 bits per heavy atom. The minimum Gasteiger partial charge on any atom is -0.305 e. The zero-order valence-corrected chi connectivity index (χ0v) is 12.1. The molecule has 102 valence electrons. The van der Waals surface area contributed by atoms with Crippen LogP contribution in [0.5, 0.6) is 0 Å². The molecule has 1 atom stereocenters. The Kier molecular flexibility index (Phi) is 4.32. The van der Waals surface area contributed by atoms with Gasteiger partial charge in [0.05, 0.1) is 11.4 Å². The van der Waals surface area contributed by atoms with Crippen LogP contribution in [0.25, 0.3) is 0 Å². The van der Waals surface area contributed by atoms with E-state index < -0.39 is 0 Å². The first kappa shape index (κ1) is 13.7. The molecule has 0 saturated heterocycles. The van der Waals surface area contributed by atoms with E-state index >= 15 is 0 Å². The van der Waals surface area contributed by atoms with Gasteiger partial charge in [0.25, 0.3) is 0 Å². The topological polar surface area (TPSA) is 42.7 Å². The van der Waals surface area contributed by atoms with E-state index in [-0.39, 0.29) is 6.04 Å². The molecule has 0 amide bonds. The van der Waals surface area contributed by atoms with Crippen molar-refractivity contribution in [2.75, 3.05) is 0 Å². The summed E-state index contributed by atoms with van der Waals surface area (Å²) in [6.07, 6.45) is 3.92. The highest BCUT2D eigenvalue weighted by molar-refractivity contribution is 5.20. The molecule has 0 aliphatic heterocycles. The van der Waals surface area contributed by atoms with Crippen LogP contribution in [-0.2, 0) is 13.6 Å². The molecule has 0 aliphatic rings. The minimum absolute atomic E-state index is 0.237. The molecular formula is C15H22N4. The second kappa shape index (κ2) is 5.97. The van der Waals surface area contributed by atoms with Crippen molar-refractivity contribution >= 4 is 0 Å². The highest BCUT2D eigenvalue weighted by atomic mass is 15.3. The molecule has 2 heterocycles. The zero-order valence-electron chi connectivity index (χ0n) is 12.1. The average Bonchev–Trinajstić information content (AvgIpc) is 2.78. The van der Waals surface area contributed by atoms with Gasteiger partial charge in [-0.15, -0.1) is 0 Å². The van der Waals surface area contributed by atoms with E-state index in [0.717, 1.165) is 12.2 Å². The molecule has 0 saturated carbocycles. The molecule has 2 rings (SSSR count). The Morgan fingerprint density at radius 3 is 2.68 bits per heavy atom. The number of rotatable bonds is 5. The van der Waals surface area contributed by atoms with Gasteiger partial charge in [0.15, 0.2) is 0 Å². The van der Waals surface area contributed by atoms with Crippen LogP contribution in [0, 0.1) is 0 Å². The molecule has 19 heavy (non-hydrogen) atoms. The molecule has 0 unspecified atom stereocenters. The van der Waals surface area contributed by atoms with Crippen LogP contribution in [0.1, 0.15) is 49.7 Å². The minimum atomic E-state index is 0.237. The number of hydrogen-bond donors (Lipinski definition) is 1. The summed E-state index contributed by atoms with van der Waals surface area (Å²) in [5, 5.41) is 8.03. The highest BCUT2D eigenvalue weighted by Gasteiger charge is 2.12. The Labute approximate surface area is 114 Å². The third-order valence-electron chi connectivity index (χ3n) is 3.21. The van der Waals surface area contributed by atoms with E-state index in [2.05, 4.69) is 42.4 Å². The van der Waals surface area contributed by atoms with Gasteiger partial charge in [-0.2, -0.15) is 5.10 Å². The lowest BCUT2D eigenvalue weighted by molar-refractivity contribution is 0.558. The smallest absolute Gasteiger partial charge is 0.0694 e. The van der Waals surface area contributed by atoms with Gasteiger partial charge in [-0.25, -0.2) is 0 Å². The quantitative estimate of drug-likeness (QED) is 0.896. The predicted octanol–water partition coefficient (Wildman–Crippen LogP) is 2.79. The van der Waals surface area contributed by atoms with E-state index in [4.69, 9.17) is 0 Å². The first-order valence-electron chi connectivity index (χ1n) is 6.74. The van der Waals surface area contributed by atoms with Crippen molar-refractivity contribution in [2.24, 2.45) is 7.05 Å². The molecule has 2 aromatic rings. The van der Waals surface area contributed by atoms with Crippen molar-refractivity contribution in [2.45, 2.75) is 39.3 Å². The second-order valence-corrected chi connectivity index (χ2v) is 5.23. The molecule has 4 nitrogen and oxygen atoms in total. The SMILES string of the molecule is CC(C)c1nn(C)cc1CN[C@@H](C)c1ccccn1. The summed E-state index contributed by atoms with van der Waals surface area (Å²) in [7, 11) is 1.97. The summed E-state index contributed by atoms with van der Waals surface area (Å²) in [6, 6.07) is 6.24. The molecule has 4 heteroatoms. The summed E-state index contributed by atoms with van der Waals surface area (Å²) in [5.41, 5.74) is 3.50. The molecule has 2 aromatic heterocycles. The fourth-order valence-electron chi connectivity index (χ4n) is 2.18. The molecule has 0 spiro atoms. The van der Waals surface area contributed by atoms with Gasteiger partial charge in [-0.05, 0) is 25.0 Å². The Hall–Kier alpha value is -1.68. The lowest BCUT2D eigenvalue weighted by Gasteiger charge is -2.13. The fraction of sp³-hybridized carbons (Fsp3) is 0.467. The largest absolute Gasteiger partial charge is 0.305 e. The Balaban J connectivity index is 2.03. The van der Waals surface area contributed by atoms with Crippen molar-refractivity contribution in [3.05, 3.63) is 47.5 Å². The molecular weight excluding hydrogens is 236 g/mol. The van der Waals surface area contributed by atoms with Crippen LogP contribution in [0.3, 0.4) is 0 Å². The first-order chi connectivity index (χ1) is 9.08. The van der Waals surface area contributed by atoms with Crippen molar-refractivity contribution in [3.8, 4) is 0 Å². The fourth-order valence-corrected chi connectivity index (χ4v) is 2.18. The van der Waals surface area contributed by atoms with Crippen LogP contribution in [0.2, 0.25) is 0 Å². The number of aryl methyl sites for hydroxylation is 1. The highest BCUT2D eigenvalue weighted by Crippen LogP contribution is 2.18. The van der Waals surface area contributed by atoms with Crippen LogP contribution in [0.4, 0.5) is 0 Å². The number of aromatic nitrogens is 3. The summed E-state index contributed by atoms with van der Waals surface area (Å²) in [6.45, 7) is 7.30. The van der Waals surface area contributed by atoms with E-state index in [0.29, 0.717) is 5.92 Å². The van der Waals surface area contributed by atoms with Gasteiger partial charge in [0.2, 0.25) is 0 Å². The molecule has 1 N–H and O–H groups in total. The van der Waals surface area contributed by atoms with E-state index in [1.165, 1.54) is 11.3 Å². The summed E-state index contributed by atoms with van der Waals surface area (Å²) in [4.78, 5) is 4.37. The van der Waals surface area contributed by atoms with Crippen LogP contribution in [-0.4, -0.2) is 14.8 Å². The van der Waals surface area contributed by atoms with Crippen molar-refractivity contribution < 1.29 is 0 Å². The lowest BCUT2D eigenvalue weighted by Crippen LogP contribution is -2.19. The van der Waals surface area contributed by atoms with E-state index in [1.54, 1.807) is 0 Å². The van der Waals surface area contributed by atoms with Crippen LogP contribution >= 0.6 is 0 Å². The number of pyridine rings is 1. The average molecular weight is 258 g/mol. The molecule has 0 fully saturated rings. The van der Waals surface area contributed by atoms with Gasteiger partial charge >= 0.3 is 0 Å². The predicted molar refractivity (Wildman–Crippen MR) is 76.8 cm³/mol. The van der Waals surface area contributed by atoms with E-state index in [1.807, 2.05) is 36.1 Å². The molecule has 0 aliphatic carbocycles. The maximum atomic E-state index is 4.52. The van der Waals surface area contributed by atoms with Gasteiger partial charge in [0.1, 0.15) is 0 Å². The monoisotopic (exact) mass is 258 g/mol. The van der Waals surface area contributed by atoms with Crippen molar-refractivity contribution in [1.29, 1.82) is 0 Å². The second-order valence-electron chi connectivity index (χ2n) is 5.23. The van der Waals surface area contributed by atoms with Crippen LogP contribution < -0.4 is 5.32 Å². The van der Waals surface area contributed by atoms with Gasteiger partial charge in [-0.3, -0.25) is 9.67 Å². The van der Waals surface area contributed by atoms with Gasteiger partial charge < -0.3 is 5.32 Å². The lowest BCUT2D eigenvalue weighted by atomic mass is 10.1. The van der Waals surface area contributed by atoms with Gasteiger partial charge in [0, 0.05) is 37.6 Å². The number of nitrogens with zero attached hydrogens (tertiary/aromatic N) is 3. The summed E-state index contributed by atoms with van der Waals surface area (Å²) in [5.74, 6) is 0.447. The maximum Gasteiger partial charge on any atom is 0.0694 e. The normalized spacial score (nSPS) is 12.9. The third-order valence-corrected chi connectivity index (χ3v) is 3.21. The molecule has 0 aromatic carbocycles. The van der Waals surface area contributed by atoms with Crippen molar-refractivity contribution in [3.63, 3.8) is 0 Å². The maximum absolute atomic E-state index is 4.52. The number of hydrogen-bond acceptors (Lipinski definition) is 3. The standard InChI is InChI=1S/C15H22N4/c1-11(2)15-13(10-19(4)18-15)9-17-12(3)14-7-5-6-8-16-14/h5-8,10-12,17H,9H2,1-4H3/t12-/m0/s1.